The molecule has 3 atom stereocenters. The Bertz CT molecular complexity index is 430. The number of hydrogen-bond donors (Lipinski definition) is 0. The van der Waals surface area contributed by atoms with Gasteiger partial charge in [-0.3, -0.25) is 9.59 Å². The Labute approximate surface area is 103 Å². The van der Waals surface area contributed by atoms with Crippen LogP contribution in [-0.4, -0.2) is 11.6 Å². The van der Waals surface area contributed by atoms with Gasteiger partial charge in [-0.05, 0) is 38.2 Å². The van der Waals surface area contributed by atoms with Crippen LogP contribution in [0.25, 0.3) is 0 Å². The summed E-state index contributed by atoms with van der Waals surface area (Å²) >= 11 is 0. The molecule has 1 saturated carbocycles. The van der Waals surface area contributed by atoms with Crippen LogP contribution in [0.1, 0.15) is 40.0 Å². The summed E-state index contributed by atoms with van der Waals surface area (Å²) in [4.78, 5) is 24.0. The molecule has 0 aromatic heterocycles. The van der Waals surface area contributed by atoms with Gasteiger partial charge in [0.05, 0.1) is 0 Å². The zero-order valence-corrected chi connectivity index (χ0v) is 10.9. The van der Waals surface area contributed by atoms with Crippen molar-refractivity contribution in [2.45, 2.75) is 40.0 Å². The lowest BCUT2D eigenvalue weighted by Gasteiger charge is -2.45. The molecule has 0 amide bonds. The smallest absolute Gasteiger partial charge is 0.156 e. The van der Waals surface area contributed by atoms with Gasteiger partial charge in [0.2, 0.25) is 0 Å². The molecule has 2 nitrogen and oxygen atoms in total. The van der Waals surface area contributed by atoms with E-state index in [0.29, 0.717) is 12.8 Å². The second-order valence-electron chi connectivity index (χ2n) is 5.91. The van der Waals surface area contributed by atoms with Crippen molar-refractivity contribution in [2.24, 2.45) is 17.3 Å². The first kappa shape index (κ1) is 12.3. The second-order valence-corrected chi connectivity index (χ2v) is 5.91. The van der Waals surface area contributed by atoms with Gasteiger partial charge >= 0.3 is 0 Å². The maximum atomic E-state index is 12.3. The molecule has 0 bridgehead atoms. The average molecular weight is 232 g/mol. The van der Waals surface area contributed by atoms with Crippen molar-refractivity contribution in [3.63, 3.8) is 0 Å². The average Bonchev–Trinajstić information content (AvgIpc) is 2.19. The molecule has 0 radical (unpaired) electrons. The van der Waals surface area contributed by atoms with Crippen LogP contribution in [0.5, 0.6) is 0 Å². The Balaban J connectivity index is 2.38. The molecule has 0 saturated heterocycles. The molecular weight excluding hydrogens is 212 g/mol. The standard InChI is InChI=1S/C15H20O2/c1-9(2)11-6-13-10(3)5-12(16)8-15(13,4)14(17)7-11/h5,11,13H,1,6-8H2,2-4H3/t11-,13-,15-/m1/s1. The third-order valence-corrected chi connectivity index (χ3v) is 4.53. The summed E-state index contributed by atoms with van der Waals surface area (Å²) in [5.74, 6) is 0.853. The van der Waals surface area contributed by atoms with Crippen LogP contribution in [0.15, 0.2) is 23.8 Å². The molecule has 0 unspecified atom stereocenters. The summed E-state index contributed by atoms with van der Waals surface area (Å²) in [6.07, 6.45) is 3.63. The highest BCUT2D eigenvalue weighted by molar-refractivity contribution is 5.99. The number of Topliss-reactive ketones (excluding diaryl/α,β-unsaturated/α-hetero) is 1. The van der Waals surface area contributed by atoms with Crippen LogP contribution in [0.4, 0.5) is 0 Å². The highest BCUT2D eigenvalue weighted by Crippen LogP contribution is 2.50. The van der Waals surface area contributed by atoms with Gasteiger partial charge in [0, 0.05) is 18.3 Å². The van der Waals surface area contributed by atoms with E-state index in [1.165, 1.54) is 0 Å². The number of rotatable bonds is 1. The predicted octanol–water partition coefficient (Wildman–Crippen LogP) is 3.08. The molecule has 2 rings (SSSR count). The third kappa shape index (κ3) is 1.90. The summed E-state index contributed by atoms with van der Waals surface area (Å²) in [5, 5.41) is 0. The molecule has 0 heterocycles. The van der Waals surface area contributed by atoms with Gasteiger partial charge in [0.15, 0.2) is 5.78 Å². The Morgan fingerprint density at radius 3 is 2.71 bits per heavy atom. The maximum absolute atomic E-state index is 12.3. The highest BCUT2D eigenvalue weighted by atomic mass is 16.1. The van der Waals surface area contributed by atoms with Crippen LogP contribution < -0.4 is 0 Å². The van der Waals surface area contributed by atoms with E-state index < -0.39 is 5.41 Å². The molecule has 17 heavy (non-hydrogen) atoms. The number of allylic oxidation sites excluding steroid dienone is 3. The first-order chi connectivity index (χ1) is 7.84. The van der Waals surface area contributed by atoms with E-state index in [-0.39, 0.29) is 23.4 Å². The number of hydrogen-bond acceptors (Lipinski definition) is 2. The second kappa shape index (κ2) is 3.94. The van der Waals surface area contributed by atoms with Gasteiger partial charge in [-0.15, -0.1) is 0 Å². The van der Waals surface area contributed by atoms with Crippen molar-refractivity contribution in [1.82, 2.24) is 0 Å². The first-order valence-corrected chi connectivity index (χ1v) is 6.24. The fraction of sp³-hybridized carbons (Fsp3) is 0.600. The lowest BCUT2D eigenvalue weighted by atomic mass is 9.56. The predicted molar refractivity (Wildman–Crippen MR) is 67.5 cm³/mol. The van der Waals surface area contributed by atoms with Gasteiger partial charge in [0.25, 0.3) is 0 Å². The monoisotopic (exact) mass is 232 g/mol. The van der Waals surface area contributed by atoms with E-state index in [1.807, 2.05) is 20.8 Å². The molecule has 0 aromatic carbocycles. The largest absolute Gasteiger partial charge is 0.299 e. The molecular formula is C15H20O2. The lowest BCUT2D eigenvalue weighted by Crippen LogP contribution is -2.46. The maximum Gasteiger partial charge on any atom is 0.156 e. The Hall–Kier alpha value is -1.18. The molecule has 0 spiro atoms. The SMILES string of the molecule is C=C(C)[C@H]1CC(=O)[C@]2(C)CC(=O)C=C(C)[C@H]2C1. The molecule has 2 aliphatic carbocycles. The van der Waals surface area contributed by atoms with Crippen LogP contribution in [0, 0.1) is 17.3 Å². The van der Waals surface area contributed by atoms with E-state index in [9.17, 15) is 9.59 Å². The van der Waals surface area contributed by atoms with Crippen LogP contribution in [0.3, 0.4) is 0 Å². The highest BCUT2D eigenvalue weighted by Gasteiger charge is 2.49. The minimum absolute atomic E-state index is 0.100. The van der Waals surface area contributed by atoms with E-state index >= 15 is 0 Å². The summed E-state index contributed by atoms with van der Waals surface area (Å²) in [5.41, 5.74) is 1.70. The van der Waals surface area contributed by atoms with Gasteiger partial charge < -0.3 is 0 Å². The van der Waals surface area contributed by atoms with E-state index in [1.54, 1.807) is 6.08 Å². The fourth-order valence-electron chi connectivity index (χ4n) is 3.33. The van der Waals surface area contributed by atoms with Crippen molar-refractivity contribution in [3.05, 3.63) is 23.8 Å². The van der Waals surface area contributed by atoms with Crippen molar-refractivity contribution in [3.8, 4) is 0 Å². The van der Waals surface area contributed by atoms with Gasteiger partial charge in [-0.2, -0.15) is 0 Å². The van der Waals surface area contributed by atoms with Crippen molar-refractivity contribution >= 4 is 11.6 Å². The number of ketones is 2. The summed E-state index contributed by atoms with van der Waals surface area (Å²) in [6, 6.07) is 0. The van der Waals surface area contributed by atoms with E-state index in [2.05, 4.69) is 6.58 Å². The quantitative estimate of drug-likeness (QED) is 0.651. The van der Waals surface area contributed by atoms with Crippen LogP contribution in [-0.2, 0) is 9.59 Å². The normalized spacial score (nSPS) is 37.5. The van der Waals surface area contributed by atoms with Crippen molar-refractivity contribution in [2.75, 3.05) is 0 Å². The topological polar surface area (TPSA) is 34.1 Å². The summed E-state index contributed by atoms with van der Waals surface area (Å²) in [6.45, 7) is 9.91. The van der Waals surface area contributed by atoms with Gasteiger partial charge in [-0.1, -0.05) is 24.6 Å². The molecule has 0 aromatic rings. The lowest BCUT2D eigenvalue weighted by molar-refractivity contribution is -0.139. The Morgan fingerprint density at radius 2 is 2.12 bits per heavy atom. The molecule has 1 fully saturated rings. The summed E-state index contributed by atoms with van der Waals surface area (Å²) in [7, 11) is 0. The Morgan fingerprint density at radius 1 is 1.47 bits per heavy atom. The molecule has 2 heteroatoms. The molecule has 0 N–H and O–H groups in total. The van der Waals surface area contributed by atoms with Crippen LogP contribution in [0.2, 0.25) is 0 Å². The van der Waals surface area contributed by atoms with E-state index in [0.717, 1.165) is 17.6 Å². The number of fused-ring (bicyclic) bond motifs is 1. The first-order valence-electron chi connectivity index (χ1n) is 6.24. The minimum atomic E-state index is -0.456. The summed E-state index contributed by atoms with van der Waals surface area (Å²) < 4.78 is 0. The van der Waals surface area contributed by atoms with Crippen LogP contribution >= 0.6 is 0 Å². The molecule has 92 valence electrons. The number of carbonyl (C=O) groups is 2. The molecule has 0 aliphatic heterocycles. The zero-order valence-electron chi connectivity index (χ0n) is 10.9. The van der Waals surface area contributed by atoms with Gasteiger partial charge in [0.1, 0.15) is 5.78 Å². The van der Waals surface area contributed by atoms with Gasteiger partial charge in [-0.25, -0.2) is 0 Å². The number of carbonyl (C=O) groups excluding carboxylic acids is 2. The minimum Gasteiger partial charge on any atom is -0.299 e. The van der Waals surface area contributed by atoms with E-state index in [4.69, 9.17) is 0 Å². The Kier molecular flexibility index (Phi) is 2.84. The third-order valence-electron chi connectivity index (χ3n) is 4.53. The fourth-order valence-corrected chi connectivity index (χ4v) is 3.33. The van der Waals surface area contributed by atoms with Crippen molar-refractivity contribution < 1.29 is 9.59 Å². The zero-order chi connectivity index (χ0) is 12.8. The van der Waals surface area contributed by atoms with Crippen molar-refractivity contribution in [1.29, 1.82) is 0 Å². The molecule has 2 aliphatic rings.